The van der Waals surface area contributed by atoms with Gasteiger partial charge in [-0.3, -0.25) is 4.79 Å². The van der Waals surface area contributed by atoms with Gasteiger partial charge >= 0.3 is 0 Å². The van der Waals surface area contributed by atoms with Gasteiger partial charge in [0.15, 0.2) is 5.78 Å². The van der Waals surface area contributed by atoms with Crippen LogP contribution in [0.1, 0.15) is 35.8 Å². The Morgan fingerprint density at radius 1 is 1.07 bits per heavy atom. The summed E-state index contributed by atoms with van der Waals surface area (Å²) in [6.45, 7) is 0. The Kier molecular flexibility index (Phi) is 4.47. The smallest absolute Gasteiger partial charge is 0.205 e. The highest BCUT2D eigenvalue weighted by Gasteiger charge is 2.40. The van der Waals surface area contributed by atoms with Crippen LogP contribution in [0.4, 0.5) is 0 Å². The molecule has 1 aliphatic carbocycles. The minimum Gasteiger partial charge on any atom is -0.444 e. The Bertz CT molecular complexity index is 1020. The fourth-order valence-electron chi connectivity index (χ4n) is 3.89. The van der Waals surface area contributed by atoms with Gasteiger partial charge < -0.3 is 10.5 Å². The van der Waals surface area contributed by atoms with Crippen LogP contribution in [-0.4, -0.2) is 5.78 Å². The molecule has 4 rings (SSSR count). The van der Waals surface area contributed by atoms with Crippen molar-refractivity contribution in [1.82, 2.24) is 0 Å². The molecular weight excluding hydrogens is 360 g/mol. The number of Topliss-reactive ketones (excluding diaryl/α,β-unsaturated/α-hetero) is 1. The zero-order valence-electron chi connectivity index (χ0n) is 14.5. The van der Waals surface area contributed by atoms with Crippen LogP contribution in [0.3, 0.4) is 0 Å². The zero-order valence-corrected chi connectivity index (χ0v) is 15.2. The summed E-state index contributed by atoms with van der Waals surface area (Å²) in [6, 6.07) is 19.2. The molecule has 0 amide bonds. The van der Waals surface area contributed by atoms with E-state index in [2.05, 4.69) is 6.07 Å². The molecule has 1 heterocycles. The predicted molar refractivity (Wildman–Crippen MR) is 103 cm³/mol. The molecule has 4 nitrogen and oxygen atoms in total. The summed E-state index contributed by atoms with van der Waals surface area (Å²) >= 11 is 6.14. The largest absolute Gasteiger partial charge is 0.444 e. The minimum atomic E-state index is -0.540. The lowest BCUT2D eigenvalue weighted by atomic mass is 9.73. The van der Waals surface area contributed by atoms with E-state index in [9.17, 15) is 10.1 Å². The third kappa shape index (κ3) is 3.11. The molecule has 2 atom stereocenters. The van der Waals surface area contributed by atoms with Gasteiger partial charge in [0.05, 0.1) is 5.92 Å². The van der Waals surface area contributed by atoms with Gasteiger partial charge in [0, 0.05) is 23.4 Å². The van der Waals surface area contributed by atoms with E-state index in [1.807, 2.05) is 36.4 Å². The molecular formula is C22H17ClN2O2. The molecule has 0 bridgehead atoms. The quantitative estimate of drug-likeness (QED) is 0.834. The van der Waals surface area contributed by atoms with Gasteiger partial charge in [-0.1, -0.05) is 54.1 Å². The van der Waals surface area contributed by atoms with Gasteiger partial charge in [0.1, 0.15) is 17.4 Å². The molecule has 0 saturated carbocycles. The van der Waals surface area contributed by atoms with E-state index in [-0.39, 0.29) is 23.2 Å². The molecule has 134 valence electrons. The van der Waals surface area contributed by atoms with E-state index in [1.54, 1.807) is 18.2 Å². The lowest BCUT2D eigenvalue weighted by Gasteiger charge is -2.34. The third-order valence-corrected chi connectivity index (χ3v) is 5.35. The van der Waals surface area contributed by atoms with Crippen LogP contribution in [0.2, 0.25) is 5.02 Å². The number of nitrogens with zero attached hydrogens (tertiary/aromatic N) is 1. The summed E-state index contributed by atoms with van der Waals surface area (Å²) in [5.41, 5.74) is 8.68. The van der Waals surface area contributed by atoms with E-state index < -0.39 is 5.92 Å². The molecule has 2 aromatic carbocycles. The monoisotopic (exact) mass is 376 g/mol. The van der Waals surface area contributed by atoms with Crippen molar-refractivity contribution in [3.63, 3.8) is 0 Å². The highest BCUT2D eigenvalue weighted by molar-refractivity contribution is 6.30. The van der Waals surface area contributed by atoms with Crippen molar-refractivity contribution in [3.05, 3.63) is 93.5 Å². The van der Waals surface area contributed by atoms with Crippen LogP contribution < -0.4 is 5.73 Å². The number of ketones is 1. The van der Waals surface area contributed by atoms with E-state index in [0.29, 0.717) is 29.2 Å². The van der Waals surface area contributed by atoms with Crippen LogP contribution >= 0.6 is 11.6 Å². The molecule has 2 aliphatic rings. The van der Waals surface area contributed by atoms with Crippen LogP contribution in [-0.2, 0) is 9.53 Å². The molecule has 0 aromatic heterocycles. The van der Waals surface area contributed by atoms with Gasteiger partial charge in [-0.05, 0) is 29.2 Å². The molecule has 0 fully saturated rings. The Labute approximate surface area is 162 Å². The normalized spacial score (nSPS) is 22.1. The van der Waals surface area contributed by atoms with Crippen molar-refractivity contribution in [1.29, 1.82) is 5.26 Å². The maximum absolute atomic E-state index is 13.1. The number of ether oxygens (including phenoxy) is 1. The summed E-state index contributed by atoms with van der Waals surface area (Å²) in [5, 5.41) is 10.2. The predicted octanol–water partition coefficient (Wildman–Crippen LogP) is 4.55. The third-order valence-electron chi connectivity index (χ3n) is 5.11. The van der Waals surface area contributed by atoms with Crippen LogP contribution in [0.25, 0.3) is 0 Å². The van der Waals surface area contributed by atoms with Gasteiger partial charge in [0.25, 0.3) is 0 Å². The lowest BCUT2D eigenvalue weighted by Crippen LogP contribution is -2.29. The molecule has 27 heavy (non-hydrogen) atoms. The number of rotatable bonds is 2. The maximum atomic E-state index is 13.1. The number of carbonyl (C=O) groups is 1. The number of nitrogens with two attached hydrogens (primary N) is 1. The zero-order chi connectivity index (χ0) is 19.0. The van der Waals surface area contributed by atoms with E-state index >= 15 is 0 Å². The first-order valence-corrected chi connectivity index (χ1v) is 9.10. The Balaban J connectivity index is 1.80. The van der Waals surface area contributed by atoms with Gasteiger partial charge in [0.2, 0.25) is 5.88 Å². The second-order valence-electron chi connectivity index (χ2n) is 6.76. The SMILES string of the molecule is N#CC1=C(N)OC2=C(C(=O)C[C@H](c3ccccc3)C2)[C@@H]1c1cccc(Cl)c1. The van der Waals surface area contributed by atoms with Crippen molar-refractivity contribution >= 4 is 17.4 Å². The summed E-state index contributed by atoms with van der Waals surface area (Å²) in [6.07, 6.45) is 0.948. The van der Waals surface area contributed by atoms with E-state index in [4.69, 9.17) is 22.1 Å². The van der Waals surface area contributed by atoms with Gasteiger partial charge in [-0.15, -0.1) is 0 Å². The Morgan fingerprint density at radius 2 is 1.81 bits per heavy atom. The molecule has 0 spiro atoms. The number of allylic oxidation sites excluding steroid dienone is 3. The van der Waals surface area contributed by atoms with E-state index in [1.165, 1.54) is 0 Å². The first kappa shape index (κ1) is 17.4. The number of hydrogen-bond donors (Lipinski definition) is 1. The average Bonchev–Trinajstić information content (AvgIpc) is 2.67. The first-order chi connectivity index (χ1) is 13.1. The fraction of sp³-hybridized carbons (Fsp3) is 0.182. The second-order valence-corrected chi connectivity index (χ2v) is 7.19. The summed E-state index contributed by atoms with van der Waals surface area (Å²) < 4.78 is 5.76. The first-order valence-electron chi connectivity index (χ1n) is 8.72. The van der Waals surface area contributed by atoms with Crippen LogP contribution in [0.15, 0.2) is 77.4 Å². The number of carbonyl (C=O) groups excluding carboxylic acids is 1. The summed E-state index contributed by atoms with van der Waals surface area (Å²) in [5.74, 6) is 0.0928. The average molecular weight is 377 g/mol. The topological polar surface area (TPSA) is 76.1 Å². The van der Waals surface area contributed by atoms with Gasteiger partial charge in [-0.2, -0.15) is 5.26 Å². The molecule has 1 aliphatic heterocycles. The number of nitriles is 1. The summed E-state index contributed by atoms with van der Waals surface area (Å²) in [7, 11) is 0. The van der Waals surface area contributed by atoms with Crippen molar-refractivity contribution in [2.24, 2.45) is 5.73 Å². The number of hydrogen-bond acceptors (Lipinski definition) is 4. The van der Waals surface area contributed by atoms with Crippen LogP contribution in [0, 0.1) is 11.3 Å². The maximum Gasteiger partial charge on any atom is 0.205 e. The highest BCUT2D eigenvalue weighted by atomic mass is 35.5. The van der Waals surface area contributed by atoms with Crippen molar-refractivity contribution < 1.29 is 9.53 Å². The Morgan fingerprint density at radius 3 is 2.52 bits per heavy atom. The molecule has 2 N–H and O–H groups in total. The lowest BCUT2D eigenvalue weighted by molar-refractivity contribution is -0.117. The summed E-state index contributed by atoms with van der Waals surface area (Å²) in [4.78, 5) is 13.1. The van der Waals surface area contributed by atoms with Crippen molar-refractivity contribution in [3.8, 4) is 6.07 Å². The highest BCUT2D eigenvalue weighted by Crippen LogP contribution is 2.46. The van der Waals surface area contributed by atoms with Crippen LogP contribution in [0.5, 0.6) is 0 Å². The standard InChI is InChI=1S/C22H17ClN2O2/c23-16-8-4-7-14(9-16)20-17(12-24)22(25)27-19-11-15(10-18(26)21(19)20)13-5-2-1-3-6-13/h1-9,15,20H,10-11,25H2/t15-,20+/m0/s1. The second kappa shape index (κ2) is 6.94. The Hall–Kier alpha value is -3.03. The minimum absolute atomic E-state index is 0.0182. The number of halogens is 1. The van der Waals surface area contributed by atoms with Crippen molar-refractivity contribution in [2.45, 2.75) is 24.7 Å². The van der Waals surface area contributed by atoms with Crippen molar-refractivity contribution in [2.75, 3.05) is 0 Å². The molecule has 2 aromatic rings. The molecule has 0 radical (unpaired) electrons. The molecule has 0 saturated heterocycles. The number of benzene rings is 2. The molecule has 5 heteroatoms. The molecule has 0 unspecified atom stereocenters. The van der Waals surface area contributed by atoms with E-state index in [0.717, 1.165) is 11.1 Å². The van der Waals surface area contributed by atoms with Gasteiger partial charge in [-0.25, -0.2) is 0 Å². The fourth-order valence-corrected chi connectivity index (χ4v) is 4.09.